The van der Waals surface area contributed by atoms with Gasteiger partial charge in [0.15, 0.2) is 0 Å². The van der Waals surface area contributed by atoms with E-state index in [0.29, 0.717) is 19.0 Å². The van der Waals surface area contributed by atoms with Crippen molar-refractivity contribution in [2.45, 2.75) is 57.9 Å². The molecule has 0 aromatic carbocycles. The Morgan fingerprint density at radius 3 is 2.78 bits per heavy atom. The highest BCUT2D eigenvalue weighted by molar-refractivity contribution is 5.82. The summed E-state index contributed by atoms with van der Waals surface area (Å²) >= 11 is 0. The number of Topliss-reactive ketones (excluding diaryl/α,β-unsaturated/α-hetero) is 1. The zero-order chi connectivity index (χ0) is 12.8. The molecule has 2 unspecified atom stereocenters. The van der Waals surface area contributed by atoms with Gasteiger partial charge in [-0.2, -0.15) is 0 Å². The van der Waals surface area contributed by atoms with Crippen molar-refractivity contribution in [2.75, 3.05) is 19.8 Å². The molecular weight excluding hydrogens is 226 g/mol. The van der Waals surface area contributed by atoms with Crippen molar-refractivity contribution < 1.29 is 9.53 Å². The standard InChI is InChI=1S/C15H27NO2/c1-2-9-16-14-11-18-10-13(14)15(17)8-7-12-5-3-4-6-12/h12-14,16H,2-11H2,1H3. The van der Waals surface area contributed by atoms with Crippen LogP contribution in [0.2, 0.25) is 0 Å². The molecule has 0 bridgehead atoms. The summed E-state index contributed by atoms with van der Waals surface area (Å²) in [6, 6.07) is 0.265. The number of carbonyl (C=O) groups excluding carboxylic acids is 1. The van der Waals surface area contributed by atoms with Crippen LogP contribution in [0.4, 0.5) is 0 Å². The second-order valence-corrected chi connectivity index (χ2v) is 5.86. The maximum absolute atomic E-state index is 12.3. The van der Waals surface area contributed by atoms with Crippen LogP contribution in [0, 0.1) is 11.8 Å². The van der Waals surface area contributed by atoms with Gasteiger partial charge in [-0.1, -0.05) is 32.6 Å². The van der Waals surface area contributed by atoms with Gasteiger partial charge >= 0.3 is 0 Å². The average Bonchev–Trinajstić information content (AvgIpc) is 3.04. The summed E-state index contributed by atoms with van der Waals surface area (Å²) in [5, 5.41) is 3.44. The smallest absolute Gasteiger partial charge is 0.139 e. The fourth-order valence-corrected chi connectivity index (χ4v) is 3.23. The molecule has 0 aromatic heterocycles. The van der Waals surface area contributed by atoms with E-state index in [2.05, 4.69) is 12.2 Å². The lowest BCUT2D eigenvalue weighted by molar-refractivity contribution is -0.123. The Kier molecular flexibility index (Phi) is 5.64. The Morgan fingerprint density at radius 2 is 2.06 bits per heavy atom. The molecule has 1 aliphatic carbocycles. The highest BCUT2D eigenvalue weighted by atomic mass is 16.5. The summed E-state index contributed by atoms with van der Waals surface area (Å²) < 4.78 is 5.48. The Hall–Kier alpha value is -0.410. The molecule has 0 spiro atoms. The van der Waals surface area contributed by atoms with E-state index < -0.39 is 0 Å². The molecular formula is C15H27NO2. The minimum absolute atomic E-state index is 0.109. The molecule has 1 heterocycles. The average molecular weight is 253 g/mol. The number of ketones is 1. The quantitative estimate of drug-likeness (QED) is 0.757. The number of hydrogen-bond acceptors (Lipinski definition) is 3. The van der Waals surface area contributed by atoms with Crippen LogP contribution >= 0.6 is 0 Å². The first kappa shape index (κ1) is 14.0. The molecule has 0 aromatic rings. The minimum atomic E-state index is 0.109. The summed E-state index contributed by atoms with van der Waals surface area (Å²) in [5.41, 5.74) is 0. The molecule has 1 N–H and O–H groups in total. The first-order chi connectivity index (χ1) is 8.81. The van der Waals surface area contributed by atoms with Crippen LogP contribution in [0.15, 0.2) is 0 Å². The lowest BCUT2D eigenvalue weighted by Crippen LogP contribution is -2.39. The molecule has 1 saturated heterocycles. The van der Waals surface area contributed by atoms with Crippen molar-refractivity contribution in [1.29, 1.82) is 0 Å². The Morgan fingerprint density at radius 1 is 1.28 bits per heavy atom. The van der Waals surface area contributed by atoms with Gasteiger partial charge in [0.05, 0.1) is 19.1 Å². The van der Waals surface area contributed by atoms with Crippen LogP contribution in [-0.2, 0) is 9.53 Å². The molecule has 2 rings (SSSR count). The molecule has 2 atom stereocenters. The highest BCUT2D eigenvalue weighted by Crippen LogP contribution is 2.29. The maximum atomic E-state index is 12.3. The van der Waals surface area contributed by atoms with E-state index in [1.807, 2.05) is 0 Å². The Balaban J connectivity index is 1.72. The first-order valence-electron chi connectivity index (χ1n) is 7.65. The third-order valence-corrected chi connectivity index (χ3v) is 4.42. The van der Waals surface area contributed by atoms with Crippen LogP contribution in [0.3, 0.4) is 0 Å². The maximum Gasteiger partial charge on any atom is 0.139 e. The van der Waals surface area contributed by atoms with E-state index in [1.165, 1.54) is 25.7 Å². The molecule has 2 aliphatic rings. The monoisotopic (exact) mass is 253 g/mol. The summed E-state index contributed by atoms with van der Waals surface area (Å²) in [4.78, 5) is 12.3. The summed E-state index contributed by atoms with van der Waals surface area (Å²) in [6.45, 7) is 4.48. The van der Waals surface area contributed by atoms with E-state index in [0.717, 1.165) is 31.7 Å². The van der Waals surface area contributed by atoms with Crippen LogP contribution in [0.1, 0.15) is 51.9 Å². The molecule has 3 nitrogen and oxygen atoms in total. The molecule has 2 fully saturated rings. The third kappa shape index (κ3) is 3.79. The van der Waals surface area contributed by atoms with Crippen LogP contribution in [0.5, 0.6) is 0 Å². The van der Waals surface area contributed by atoms with Crippen molar-refractivity contribution in [1.82, 2.24) is 5.32 Å². The van der Waals surface area contributed by atoms with Crippen LogP contribution < -0.4 is 5.32 Å². The van der Waals surface area contributed by atoms with Crippen molar-refractivity contribution in [3.63, 3.8) is 0 Å². The fourth-order valence-electron chi connectivity index (χ4n) is 3.23. The number of hydrogen-bond donors (Lipinski definition) is 1. The van der Waals surface area contributed by atoms with E-state index >= 15 is 0 Å². The molecule has 1 aliphatic heterocycles. The van der Waals surface area contributed by atoms with Crippen LogP contribution in [-0.4, -0.2) is 31.6 Å². The lowest BCUT2D eigenvalue weighted by Gasteiger charge is -2.18. The number of ether oxygens (including phenoxy) is 1. The Bertz CT molecular complexity index is 261. The second kappa shape index (κ2) is 7.25. The van der Waals surface area contributed by atoms with Gasteiger partial charge in [-0.3, -0.25) is 4.79 Å². The predicted octanol–water partition coefficient (Wildman–Crippen LogP) is 2.54. The van der Waals surface area contributed by atoms with Crippen molar-refractivity contribution in [3.05, 3.63) is 0 Å². The van der Waals surface area contributed by atoms with Crippen molar-refractivity contribution >= 4 is 5.78 Å². The van der Waals surface area contributed by atoms with Gasteiger partial charge in [0.1, 0.15) is 5.78 Å². The number of nitrogens with one attached hydrogen (secondary N) is 1. The van der Waals surface area contributed by atoms with Crippen LogP contribution in [0.25, 0.3) is 0 Å². The van der Waals surface area contributed by atoms with Gasteiger partial charge in [-0.15, -0.1) is 0 Å². The molecule has 3 heteroatoms. The van der Waals surface area contributed by atoms with Crippen molar-refractivity contribution in [2.24, 2.45) is 11.8 Å². The topological polar surface area (TPSA) is 38.3 Å². The van der Waals surface area contributed by atoms with Crippen molar-refractivity contribution in [3.8, 4) is 0 Å². The molecule has 0 radical (unpaired) electrons. The first-order valence-corrected chi connectivity index (χ1v) is 7.65. The van der Waals surface area contributed by atoms with Gasteiger partial charge in [-0.05, 0) is 25.3 Å². The van der Waals surface area contributed by atoms with Gasteiger partial charge in [0.25, 0.3) is 0 Å². The van der Waals surface area contributed by atoms with E-state index in [4.69, 9.17) is 4.74 Å². The predicted molar refractivity (Wildman–Crippen MR) is 72.6 cm³/mol. The summed E-state index contributed by atoms with van der Waals surface area (Å²) in [6.07, 6.45) is 8.40. The normalized spacial score (nSPS) is 28.9. The molecule has 0 amide bonds. The van der Waals surface area contributed by atoms with E-state index in [9.17, 15) is 4.79 Å². The SMILES string of the molecule is CCCNC1COCC1C(=O)CCC1CCCC1. The van der Waals surface area contributed by atoms with E-state index in [1.54, 1.807) is 0 Å². The third-order valence-electron chi connectivity index (χ3n) is 4.42. The largest absolute Gasteiger partial charge is 0.379 e. The van der Waals surface area contributed by atoms with Gasteiger partial charge in [-0.25, -0.2) is 0 Å². The van der Waals surface area contributed by atoms with E-state index in [-0.39, 0.29) is 12.0 Å². The number of rotatable bonds is 7. The fraction of sp³-hybridized carbons (Fsp3) is 0.933. The zero-order valence-corrected chi connectivity index (χ0v) is 11.6. The summed E-state index contributed by atoms with van der Waals surface area (Å²) in [7, 11) is 0. The zero-order valence-electron chi connectivity index (χ0n) is 11.6. The van der Waals surface area contributed by atoms with Gasteiger partial charge < -0.3 is 10.1 Å². The molecule has 18 heavy (non-hydrogen) atoms. The Labute approximate surface area is 111 Å². The summed E-state index contributed by atoms with van der Waals surface area (Å²) in [5.74, 6) is 1.35. The second-order valence-electron chi connectivity index (χ2n) is 5.86. The molecule has 104 valence electrons. The minimum Gasteiger partial charge on any atom is -0.379 e. The molecule has 1 saturated carbocycles. The van der Waals surface area contributed by atoms with Gasteiger partial charge in [0.2, 0.25) is 0 Å². The lowest BCUT2D eigenvalue weighted by atomic mass is 9.91. The highest BCUT2D eigenvalue weighted by Gasteiger charge is 2.33. The number of carbonyl (C=O) groups is 1. The van der Waals surface area contributed by atoms with Gasteiger partial charge in [0, 0.05) is 12.5 Å².